The zero-order valence-electron chi connectivity index (χ0n) is 22.3. The molecule has 0 amide bonds. The lowest BCUT2D eigenvalue weighted by molar-refractivity contribution is 0.0556. The van der Waals surface area contributed by atoms with Crippen molar-refractivity contribution in [3.8, 4) is 22.3 Å². The van der Waals surface area contributed by atoms with Gasteiger partial charge in [0.05, 0.1) is 35.4 Å². The number of hydrogen-bond donors (Lipinski definition) is 0. The maximum atomic E-state index is 13.6. The van der Waals surface area contributed by atoms with E-state index in [4.69, 9.17) is 41.5 Å². The number of hydrogen-bond acceptors (Lipinski definition) is 6. The number of carbonyl (C=O) groups is 2. The van der Waals surface area contributed by atoms with E-state index in [2.05, 4.69) is 0 Å². The van der Waals surface area contributed by atoms with Crippen LogP contribution >= 0.6 is 23.2 Å². The standard InChI is InChI=1S/C34H20Cl2O6/c1-39-33(37)29-18(17-13-16-24(36)32-27(17)21-7-3-5-9-25(21)42-32)11-12-19(30(29)34(38)40-2)20-14-15-23(35)28-22-8-4-6-10-26(22)41-31(20)28/h3-16H,1-2H3. The Labute approximate surface area is 248 Å². The van der Waals surface area contributed by atoms with E-state index in [0.29, 0.717) is 65.4 Å². The third kappa shape index (κ3) is 3.80. The van der Waals surface area contributed by atoms with Crippen LogP contribution in [0.2, 0.25) is 10.0 Å². The summed E-state index contributed by atoms with van der Waals surface area (Å²) in [6.45, 7) is 0. The summed E-state index contributed by atoms with van der Waals surface area (Å²) in [5, 5.41) is 3.97. The summed E-state index contributed by atoms with van der Waals surface area (Å²) >= 11 is 13.2. The van der Waals surface area contributed by atoms with E-state index in [1.54, 1.807) is 36.4 Å². The van der Waals surface area contributed by atoms with Gasteiger partial charge < -0.3 is 18.3 Å². The summed E-state index contributed by atoms with van der Waals surface area (Å²) < 4.78 is 22.8. The number of para-hydroxylation sites is 2. The van der Waals surface area contributed by atoms with Gasteiger partial charge in [0.15, 0.2) is 5.58 Å². The van der Waals surface area contributed by atoms with Crippen LogP contribution in [0.5, 0.6) is 0 Å². The van der Waals surface area contributed by atoms with Gasteiger partial charge in [-0.3, -0.25) is 0 Å². The second-order valence-electron chi connectivity index (χ2n) is 9.69. The van der Waals surface area contributed by atoms with Crippen molar-refractivity contribution in [1.29, 1.82) is 0 Å². The van der Waals surface area contributed by atoms with Gasteiger partial charge in [-0.2, -0.15) is 0 Å². The van der Waals surface area contributed by atoms with Crippen LogP contribution < -0.4 is 0 Å². The molecule has 0 aliphatic heterocycles. The van der Waals surface area contributed by atoms with E-state index >= 15 is 0 Å². The van der Waals surface area contributed by atoms with Gasteiger partial charge in [-0.05, 0) is 41.5 Å². The molecule has 0 spiro atoms. The van der Waals surface area contributed by atoms with E-state index in [1.165, 1.54) is 14.2 Å². The van der Waals surface area contributed by atoms with Crippen molar-refractivity contribution in [2.24, 2.45) is 0 Å². The Hall–Kier alpha value is -4.78. The molecule has 42 heavy (non-hydrogen) atoms. The Morgan fingerprint density at radius 2 is 1.02 bits per heavy atom. The molecular formula is C34H20Cl2O6. The maximum absolute atomic E-state index is 13.6. The second-order valence-corrected chi connectivity index (χ2v) is 10.5. The normalized spacial score (nSPS) is 11.5. The third-order valence-corrected chi connectivity index (χ3v) is 8.13. The van der Waals surface area contributed by atoms with Gasteiger partial charge in [-0.15, -0.1) is 0 Å². The number of esters is 2. The Bertz CT molecular complexity index is 2240. The molecule has 0 radical (unpaired) electrons. The Kier molecular flexibility index (Phi) is 6.19. The average molecular weight is 595 g/mol. The van der Waals surface area contributed by atoms with E-state index in [-0.39, 0.29) is 11.1 Å². The lowest BCUT2D eigenvalue weighted by atomic mass is 9.87. The molecule has 0 atom stereocenters. The van der Waals surface area contributed by atoms with Gasteiger partial charge in [0.25, 0.3) is 0 Å². The minimum absolute atomic E-state index is 0.0295. The monoisotopic (exact) mass is 594 g/mol. The SMILES string of the molecule is COC(=O)c1c(-c2ccc(Cl)c3c2oc2ccccc23)ccc(-c2ccc(Cl)c3oc4ccccc4c23)c1C(=O)OC. The molecule has 0 N–H and O–H groups in total. The number of methoxy groups -OCH3 is 2. The zero-order chi connectivity index (χ0) is 29.1. The molecule has 8 heteroatoms. The van der Waals surface area contributed by atoms with Crippen molar-refractivity contribution in [1.82, 2.24) is 0 Å². The molecule has 0 bridgehead atoms. The van der Waals surface area contributed by atoms with Crippen LogP contribution in [0, 0.1) is 0 Å². The molecule has 2 aromatic heterocycles. The van der Waals surface area contributed by atoms with Crippen LogP contribution in [0.4, 0.5) is 0 Å². The van der Waals surface area contributed by atoms with Crippen molar-refractivity contribution in [2.45, 2.75) is 0 Å². The lowest BCUT2D eigenvalue weighted by Gasteiger charge is -2.17. The summed E-state index contributed by atoms with van der Waals surface area (Å²) in [6.07, 6.45) is 0. The predicted octanol–water partition coefficient (Wildman–Crippen LogP) is 9.70. The minimum Gasteiger partial charge on any atom is -0.465 e. The highest BCUT2D eigenvalue weighted by Gasteiger charge is 2.30. The molecule has 0 aliphatic rings. The highest BCUT2D eigenvalue weighted by Crippen LogP contribution is 2.45. The Morgan fingerprint density at radius 1 is 0.548 bits per heavy atom. The van der Waals surface area contributed by atoms with Crippen molar-refractivity contribution in [2.75, 3.05) is 14.2 Å². The molecule has 0 aliphatic carbocycles. The molecule has 5 aromatic carbocycles. The smallest absolute Gasteiger partial charge is 0.339 e. The van der Waals surface area contributed by atoms with Crippen LogP contribution in [-0.4, -0.2) is 26.2 Å². The fraction of sp³-hybridized carbons (Fsp3) is 0.0588. The molecule has 7 aromatic rings. The first-order valence-corrected chi connectivity index (χ1v) is 13.7. The molecule has 0 saturated carbocycles. The molecule has 6 nitrogen and oxygen atoms in total. The first kappa shape index (κ1) is 26.1. The van der Waals surface area contributed by atoms with Crippen molar-refractivity contribution in [3.63, 3.8) is 0 Å². The number of ether oxygens (including phenoxy) is 2. The number of furan rings is 2. The molecule has 7 rings (SSSR count). The highest BCUT2D eigenvalue weighted by molar-refractivity contribution is 6.38. The largest absolute Gasteiger partial charge is 0.465 e. The van der Waals surface area contributed by atoms with Gasteiger partial charge in [0.1, 0.15) is 16.7 Å². The van der Waals surface area contributed by atoms with Crippen LogP contribution in [0.3, 0.4) is 0 Å². The summed E-state index contributed by atoms with van der Waals surface area (Å²) in [4.78, 5) is 27.1. The van der Waals surface area contributed by atoms with Gasteiger partial charge in [-0.25, -0.2) is 9.59 Å². The van der Waals surface area contributed by atoms with E-state index in [0.717, 1.165) is 10.8 Å². The minimum atomic E-state index is -0.714. The number of benzene rings is 5. The summed E-state index contributed by atoms with van der Waals surface area (Å²) in [6, 6.07) is 25.6. The highest BCUT2D eigenvalue weighted by atomic mass is 35.5. The molecule has 0 saturated heterocycles. The predicted molar refractivity (Wildman–Crippen MR) is 165 cm³/mol. The lowest BCUT2D eigenvalue weighted by Crippen LogP contribution is -2.15. The number of halogens is 2. The number of carbonyl (C=O) groups excluding carboxylic acids is 2. The second kappa shape index (κ2) is 9.94. The average Bonchev–Trinajstić information content (AvgIpc) is 3.61. The quantitative estimate of drug-likeness (QED) is 0.189. The molecule has 0 unspecified atom stereocenters. The topological polar surface area (TPSA) is 78.9 Å². The van der Waals surface area contributed by atoms with E-state index in [1.807, 2.05) is 48.5 Å². The fourth-order valence-corrected chi connectivity index (χ4v) is 6.15. The van der Waals surface area contributed by atoms with Crippen molar-refractivity contribution in [3.05, 3.63) is 106 Å². The number of rotatable bonds is 4. The summed E-state index contributed by atoms with van der Waals surface area (Å²) in [5.74, 6) is -1.42. The van der Waals surface area contributed by atoms with Gasteiger partial charge in [-0.1, -0.05) is 77.8 Å². The first-order valence-electron chi connectivity index (χ1n) is 13.0. The van der Waals surface area contributed by atoms with Gasteiger partial charge in [0, 0.05) is 32.7 Å². The van der Waals surface area contributed by atoms with Crippen LogP contribution in [-0.2, 0) is 9.47 Å². The Balaban J connectivity index is 1.60. The molecule has 0 fully saturated rings. The number of fused-ring (bicyclic) bond motifs is 6. The van der Waals surface area contributed by atoms with Crippen molar-refractivity contribution >= 4 is 79.0 Å². The van der Waals surface area contributed by atoms with E-state index in [9.17, 15) is 9.59 Å². The van der Waals surface area contributed by atoms with E-state index < -0.39 is 11.9 Å². The first-order chi connectivity index (χ1) is 20.4. The fourth-order valence-electron chi connectivity index (χ4n) is 5.70. The molecule has 2 heterocycles. The van der Waals surface area contributed by atoms with Crippen molar-refractivity contribution < 1.29 is 27.9 Å². The zero-order valence-corrected chi connectivity index (χ0v) is 23.8. The maximum Gasteiger partial charge on any atom is 0.339 e. The van der Waals surface area contributed by atoms with Crippen LogP contribution in [0.25, 0.3) is 66.1 Å². The van der Waals surface area contributed by atoms with Gasteiger partial charge in [0.2, 0.25) is 0 Å². The van der Waals surface area contributed by atoms with Crippen LogP contribution in [0.1, 0.15) is 20.7 Å². The van der Waals surface area contributed by atoms with Crippen LogP contribution in [0.15, 0.2) is 93.8 Å². The third-order valence-electron chi connectivity index (χ3n) is 7.52. The van der Waals surface area contributed by atoms with Gasteiger partial charge >= 0.3 is 11.9 Å². The molecular weight excluding hydrogens is 575 g/mol. The molecule has 206 valence electrons. The summed E-state index contributed by atoms with van der Waals surface area (Å²) in [5.41, 5.74) is 4.38. The summed E-state index contributed by atoms with van der Waals surface area (Å²) in [7, 11) is 2.53. The Morgan fingerprint density at radius 3 is 1.64 bits per heavy atom.